The van der Waals surface area contributed by atoms with E-state index in [1.54, 1.807) is 23.7 Å². The van der Waals surface area contributed by atoms with Crippen LogP contribution >= 0.6 is 33.9 Å². The van der Waals surface area contributed by atoms with E-state index in [0.29, 0.717) is 6.61 Å². The van der Waals surface area contributed by atoms with Crippen LogP contribution in [0.2, 0.25) is 0 Å². The monoisotopic (exact) mass is 374 g/mol. The van der Waals surface area contributed by atoms with Crippen LogP contribution in [0, 0.1) is 2.88 Å². The van der Waals surface area contributed by atoms with E-state index in [0.717, 1.165) is 23.3 Å². The van der Waals surface area contributed by atoms with Crippen LogP contribution < -0.4 is 10.5 Å². The maximum atomic E-state index is 6.23. The molecule has 0 saturated carbocycles. The molecular formula is C13H15IN2OS. The quantitative estimate of drug-likeness (QED) is 0.814. The van der Waals surface area contributed by atoms with Gasteiger partial charge >= 0.3 is 0 Å². The number of thiophene rings is 1. The van der Waals surface area contributed by atoms with Crippen LogP contribution in [-0.4, -0.2) is 11.6 Å². The summed E-state index contributed by atoms with van der Waals surface area (Å²) in [6.45, 7) is 2.78. The summed E-state index contributed by atoms with van der Waals surface area (Å²) in [6.07, 6.45) is 4.51. The number of pyridine rings is 1. The highest BCUT2D eigenvalue weighted by molar-refractivity contribution is 14.1. The van der Waals surface area contributed by atoms with Crippen molar-refractivity contribution >= 4 is 33.9 Å². The number of nitrogens with zero attached hydrogens (tertiary/aromatic N) is 1. The SMILES string of the molecule is CCCOc1cncc(C(N)c2csc(I)c2)c1. The molecule has 0 saturated heterocycles. The Kier molecular flexibility index (Phi) is 4.96. The van der Waals surface area contributed by atoms with E-state index in [1.165, 1.54) is 2.88 Å². The largest absolute Gasteiger partial charge is 0.492 e. The molecule has 0 aliphatic carbocycles. The second-order valence-electron chi connectivity index (χ2n) is 3.96. The van der Waals surface area contributed by atoms with Crippen LogP contribution in [0.4, 0.5) is 0 Å². The Morgan fingerprint density at radius 3 is 2.89 bits per heavy atom. The summed E-state index contributed by atoms with van der Waals surface area (Å²) >= 11 is 4.00. The van der Waals surface area contributed by atoms with Gasteiger partial charge in [-0.3, -0.25) is 4.98 Å². The molecule has 0 fully saturated rings. The smallest absolute Gasteiger partial charge is 0.137 e. The first-order chi connectivity index (χ1) is 8.70. The maximum absolute atomic E-state index is 6.23. The third kappa shape index (κ3) is 3.43. The molecule has 96 valence electrons. The standard InChI is InChI=1S/C13H15IN2OS/c1-2-3-17-11-4-9(6-16-7-11)13(15)10-5-12(14)18-8-10/h4-8,13H,2-3,15H2,1H3. The van der Waals surface area contributed by atoms with Gasteiger partial charge in [-0.25, -0.2) is 0 Å². The topological polar surface area (TPSA) is 48.1 Å². The highest BCUT2D eigenvalue weighted by Gasteiger charge is 2.12. The molecule has 5 heteroatoms. The zero-order chi connectivity index (χ0) is 13.0. The molecule has 2 aromatic rings. The van der Waals surface area contributed by atoms with Gasteiger partial charge in [0.1, 0.15) is 5.75 Å². The van der Waals surface area contributed by atoms with Gasteiger partial charge in [-0.1, -0.05) is 6.92 Å². The van der Waals surface area contributed by atoms with Crippen LogP contribution in [0.1, 0.15) is 30.5 Å². The summed E-state index contributed by atoms with van der Waals surface area (Å²) in [5.41, 5.74) is 8.34. The molecule has 0 bridgehead atoms. The normalized spacial score (nSPS) is 12.4. The first-order valence-electron chi connectivity index (χ1n) is 5.78. The Morgan fingerprint density at radius 2 is 2.22 bits per heavy atom. The van der Waals surface area contributed by atoms with Gasteiger partial charge in [-0.15, -0.1) is 11.3 Å². The van der Waals surface area contributed by atoms with Crippen molar-refractivity contribution in [3.05, 3.63) is 43.9 Å². The van der Waals surface area contributed by atoms with E-state index in [4.69, 9.17) is 10.5 Å². The maximum Gasteiger partial charge on any atom is 0.137 e. The fourth-order valence-corrected chi connectivity index (χ4v) is 2.99. The van der Waals surface area contributed by atoms with E-state index < -0.39 is 0 Å². The highest BCUT2D eigenvalue weighted by Crippen LogP contribution is 2.26. The molecule has 0 aliphatic heterocycles. The lowest BCUT2D eigenvalue weighted by Gasteiger charge is -2.11. The molecule has 2 rings (SSSR count). The van der Waals surface area contributed by atoms with Gasteiger partial charge in [-0.05, 0) is 57.7 Å². The minimum atomic E-state index is -0.137. The van der Waals surface area contributed by atoms with Crippen molar-refractivity contribution in [1.82, 2.24) is 4.98 Å². The lowest BCUT2D eigenvalue weighted by Crippen LogP contribution is -2.11. The van der Waals surface area contributed by atoms with E-state index >= 15 is 0 Å². The molecule has 0 amide bonds. The number of halogens is 1. The summed E-state index contributed by atoms with van der Waals surface area (Å²) in [5.74, 6) is 0.787. The molecule has 2 N–H and O–H groups in total. The van der Waals surface area contributed by atoms with Gasteiger partial charge < -0.3 is 10.5 Å². The molecule has 0 radical (unpaired) electrons. The van der Waals surface area contributed by atoms with Gasteiger partial charge in [0.05, 0.1) is 21.7 Å². The predicted octanol–water partition coefficient (Wildman–Crippen LogP) is 3.58. The summed E-state index contributed by atoms with van der Waals surface area (Å²) in [4.78, 5) is 4.19. The lowest BCUT2D eigenvalue weighted by molar-refractivity contribution is 0.315. The average Bonchev–Trinajstić information content (AvgIpc) is 2.82. The molecule has 3 nitrogen and oxygen atoms in total. The Bertz CT molecular complexity index is 515. The van der Waals surface area contributed by atoms with Crippen molar-refractivity contribution < 1.29 is 4.74 Å². The summed E-state index contributed by atoms with van der Waals surface area (Å²) in [6, 6.07) is 3.94. The Labute approximate surface area is 125 Å². The van der Waals surface area contributed by atoms with E-state index in [-0.39, 0.29) is 6.04 Å². The summed E-state index contributed by atoms with van der Waals surface area (Å²) in [7, 11) is 0. The van der Waals surface area contributed by atoms with Crippen molar-refractivity contribution in [3.63, 3.8) is 0 Å². The molecule has 2 heterocycles. The fraction of sp³-hybridized carbons (Fsp3) is 0.308. The molecule has 1 unspecified atom stereocenters. The van der Waals surface area contributed by atoms with Crippen molar-refractivity contribution in [2.75, 3.05) is 6.61 Å². The van der Waals surface area contributed by atoms with Gasteiger partial charge in [0.15, 0.2) is 0 Å². The van der Waals surface area contributed by atoms with Crippen LogP contribution in [-0.2, 0) is 0 Å². The van der Waals surface area contributed by atoms with Crippen LogP contribution in [0.5, 0.6) is 5.75 Å². The Balaban J connectivity index is 2.17. The Morgan fingerprint density at radius 1 is 1.39 bits per heavy atom. The van der Waals surface area contributed by atoms with Gasteiger partial charge in [0, 0.05) is 6.20 Å². The van der Waals surface area contributed by atoms with Crippen molar-refractivity contribution in [1.29, 1.82) is 0 Å². The second-order valence-corrected chi connectivity index (χ2v) is 6.77. The van der Waals surface area contributed by atoms with Crippen molar-refractivity contribution in [3.8, 4) is 5.75 Å². The van der Waals surface area contributed by atoms with Crippen LogP contribution in [0.3, 0.4) is 0 Å². The van der Waals surface area contributed by atoms with Gasteiger partial charge in [-0.2, -0.15) is 0 Å². The van der Waals surface area contributed by atoms with E-state index in [1.807, 2.05) is 6.07 Å². The highest BCUT2D eigenvalue weighted by atomic mass is 127. The molecule has 0 aromatic carbocycles. The molecule has 18 heavy (non-hydrogen) atoms. The molecule has 1 atom stereocenters. The Hall–Kier alpha value is -0.660. The number of rotatable bonds is 5. The third-order valence-electron chi connectivity index (χ3n) is 2.51. The first-order valence-corrected chi connectivity index (χ1v) is 7.73. The second kappa shape index (κ2) is 6.49. The lowest BCUT2D eigenvalue weighted by atomic mass is 10.0. The zero-order valence-electron chi connectivity index (χ0n) is 10.1. The predicted molar refractivity (Wildman–Crippen MR) is 83.1 cm³/mol. The van der Waals surface area contributed by atoms with Crippen LogP contribution in [0.15, 0.2) is 29.9 Å². The van der Waals surface area contributed by atoms with Crippen LogP contribution in [0.25, 0.3) is 0 Å². The van der Waals surface area contributed by atoms with E-state index in [2.05, 4.69) is 45.9 Å². The molecule has 0 aliphatic rings. The minimum Gasteiger partial charge on any atom is -0.492 e. The summed E-state index contributed by atoms with van der Waals surface area (Å²) < 4.78 is 6.81. The molecular weight excluding hydrogens is 359 g/mol. The van der Waals surface area contributed by atoms with E-state index in [9.17, 15) is 0 Å². The average molecular weight is 374 g/mol. The number of hydrogen-bond acceptors (Lipinski definition) is 4. The molecule has 2 aromatic heterocycles. The minimum absolute atomic E-state index is 0.137. The zero-order valence-corrected chi connectivity index (χ0v) is 13.1. The van der Waals surface area contributed by atoms with Crippen molar-refractivity contribution in [2.45, 2.75) is 19.4 Å². The third-order valence-corrected chi connectivity index (χ3v) is 4.32. The number of hydrogen-bond donors (Lipinski definition) is 1. The van der Waals surface area contributed by atoms with Crippen molar-refractivity contribution in [2.24, 2.45) is 5.73 Å². The van der Waals surface area contributed by atoms with Gasteiger partial charge in [0.2, 0.25) is 0 Å². The first kappa shape index (κ1) is 13.8. The number of nitrogens with two attached hydrogens (primary N) is 1. The summed E-state index contributed by atoms with van der Waals surface area (Å²) in [5, 5.41) is 2.09. The number of aromatic nitrogens is 1. The fourth-order valence-electron chi connectivity index (χ4n) is 1.58. The number of ether oxygens (including phenoxy) is 1. The van der Waals surface area contributed by atoms with Gasteiger partial charge in [0.25, 0.3) is 0 Å². The molecule has 0 spiro atoms.